The monoisotopic (exact) mass is 336 g/mol. The van der Waals surface area contributed by atoms with Gasteiger partial charge in [0.15, 0.2) is 0 Å². The fourth-order valence-corrected chi connectivity index (χ4v) is 1.42. The standard InChI is InChI=1S/C10H7BrF6O/c11-5-18-4-6-1-7(9(12,13)14)3-8(2-6)10(15,16)17/h1-3H,4-5H2. The summed E-state index contributed by atoms with van der Waals surface area (Å²) < 4.78 is 79.4. The van der Waals surface area contributed by atoms with Crippen molar-refractivity contribution >= 4 is 15.9 Å². The first-order valence-electron chi connectivity index (χ1n) is 4.56. The summed E-state index contributed by atoms with van der Waals surface area (Å²) in [5.74, 6) is 0. The average molecular weight is 337 g/mol. The van der Waals surface area contributed by atoms with E-state index in [1.165, 1.54) is 0 Å². The Kier molecular flexibility index (Phi) is 4.66. The quantitative estimate of drug-likeness (QED) is 0.579. The molecule has 0 bridgehead atoms. The van der Waals surface area contributed by atoms with Crippen LogP contribution in [-0.4, -0.2) is 5.52 Å². The number of hydrogen-bond acceptors (Lipinski definition) is 1. The third-order valence-electron chi connectivity index (χ3n) is 1.99. The summed E-state index contributed by atoms with van der Waals surface area (Å²) in [6.45, 7) is -0.335. The average Bonchev–Trinajstić information content (AvgIpc) is 2.23. The second kappa shape index (κ2) is 5.48. The molecular formula is C10H7BrF6O. The minimum absolute atomic E-state index is 0.0184. The lowest BCUT2D eigenvalue weighted by molar-refractivity contribution is -0.143. The molecule has 0 amide bonds. The van der Waals surface area contributed by atoms with E-state index in [4.69, 9.17) is 4.74 Å². The first-order chi connectivity index (χ1) is 8.14. The van der Waals surface area contributed by atoms with Gasteiger partial charge in [0.2, 0.25) is 0 Å². The van der Waals surface area contributed by atoms with E-state index in [-0.39, 0.29) is 23.8 Å². The molecule has 1 aromatic rings. The molecule has 0 fully saturated rings. The van der Waals surface area contributed by atoms with Gasteiger partial charge in [0, 0.05) is 0 Å². The molecule has 0 unspecified atom stereocenters. The van der Waals surface area contributed by atoms with E-state index in [2.05, 4.69) is 15.9 Å². The molecule has 0 atom stereocenters. The Morgan fingerprint density at radius 2 is 1.33 bits per heavy atom. The molecule has 0 spiro atoms. The van der Waals surface area contributed by atoms with E-state index in [0.29, 0.717) is 12.1 Å². The number of ether oxygens (including phenoxy) is 1. The Hall–Kier alpha value is -0.760. The Labute approximate surface area is 107 Å². The maximum absolute atomic E-state index is 12.4. The van der Waals surface area contributed by atoms with Crippen molar-refractivity contribution in [1.82, 2.24) is 0 Å². The maximum Gasteiger partial charge on any atom is 0.416 e. The van der Waals surface area contributed by atoms with Gasteiger partial charge in [-0.05, 0) is 23.8 Å². The van der Waals surface area contributed by atoms with Crippen molar-refractivity contribution in [2.75, 3.05) is 5.52 Å². The maximum atomic E-state index is 12.4. The van der Waals surface area contributed by atoms with Crippen molar-refractivity contribution < 1.29 is 31.1 Å². The van der Waals surface area contributed by atoms with Gasteiger partial charge in [0.1, 0.15) is 5.52 Å². The van der Waals surface area contributed by atoms with Crippen LogP contribution in [0, 0.1) is 0 Å². The molecule has 0 radical (unpaired) electrons. The van der Waals surface area contributed by atoms with Gasteiger partial charge < -0.3 is 4.74 Å². The summed E-state index contributed by atoms with van der Waals surface area (Å²) in [6.07, 6.45) is -9.66. The van der Waals surface area contributed by atoms with Crippen LogP contribution in [0.4, 0.5) is 26.3 Å². The van der Waals surface area contributed by atoms with Crippen molar-refractivity contribution in [3.63, 3.8) is 0 Å². The van der Waals surface area contributed by atoms with Gasteiger partial charge >= 0.3 is 12.4 Å². The second-order valence-electron chi connectivity index (χ2n) is 3.37. The van der Waals surface area contributed by atoms with E-state index < -0.39 is 23.5 Å². The predicted octanol–water partition coefficient (Wildman–Crippen LogP) is 4.59. The number of rotatable bonds is 3. The highest BCUT2D eigenvalue weighted by Crippen LogP contribution is 2.36. The second-order valence-corrected chi connectivity index (χ2v) is 3.83. The Morgan fingerprint density at radius 3 is 1.67 bits per heavy atom. The van der Waals surface area contributed by atoms with E-state index in [0.717, 1.165) is 0 Å². The number of hydrogen-bond donors (Lipinski definition) is 0. The fraction of sp³-hybridized carbons (Fsp3) is 0.400. The molecule has 1 rings (SSSR count). The van der Waals surface area contributed by atoms with Gasteiger partial charge in [-0.15, -0.1) is 0 Å². The highest BCUT2D eigenvalue weighted by atomic mass is 79.9. The van der Waals surface area contributed by atoms with Crippen LogP contribution < -0.4 is 0 Å². The van der Waals surface area contributed by atoms with Crippen LogP contribution in [0.5, 0.6) is 0 Å². The smallest absolute Gasteiger partial charge is 0.366 e. The SMILES string of the molecule is FC(F)(F)c1cc(COCBr)cc(C(F)(F)F)c1. The van der Waals surface area contributed by atoms with E-state index >= 15 is 0 Å². The molecule has 1 nitrogen and oxygen atoms in total. The van der Waals surface area contributed by atoms with Crippen LogP contribution in [0.25, 0.3) is 0 Å². The molecule has 0 aliphatic rings. The van der Waals surface area contributed by atoms with E-state index in [9.17, 15) is 26.3 Å². The molecular weight excluding hydrogens is 330 g/mol. The molecule has 0 aliphatic carbocycles. The Balaban J connectivity index is 3.21. The molecule has 0 N–H and O–H groups in total. The molecule has 1 aromatic carbocycles. The molecule has 102 valence electrons. The van der Waals surface area contributed by atoms with Gasteiger partial charge in [0.05, 0.1) is 17.7 Å². The lowest BCUT2D eigenvalue weighted by atomic mass is 10.1. The normalized spacial score (nSPS) is 12.8. The van der Waals surface area contributed by atoms with Crippen molar-refractivity contribution in [1.29, 1.82) is 0 Å². The lowest BCUT2D eigenvalue weighted by Crippen LogP contribution is -2.12. The lowest BCUT2D eigenvalue weighted by Gasteiger charge is -2.14. The highest BCUT2D eigenvalue weighted by Gasteiger charge is 2.36. The fourth-order valence-electron chi connectivity index (χ4n) is 1.26. The Bertz CT molecular complexity index is 380. The summed E-state index contributed by atoms with van der Waals surface area (Å²) in [7, 11) is 0. The van der Waals surface area contributed by atoms with E-state index in [1.54, 1.807) is 0 Å². The van der Waals surface area contributed by atoms with Crippen LogP contribution in [0.15, 0.2) is 18.2 Å². The molecule has 0 saturated carbocycles. The summed E-state index contributed by atoms with van der Waals surface area (Å²) >= 11 is 2.86. The first kappa shape index (κ1) is 15.3. The van der Waals surface area contributed by atoms with Crippen LogP contribution in [-0.2, 0) is 23.7 Å². The zero-order valence-corrected chi connectivity index (χ0v) is 10.3. The topological polar surface area (TPSA) is 9.23 Å². The summed E-state index contributed by atoms with van der Waals surface area (Å²) in [6, 6.07) is 1.35. The van der Waals surface area contributed by atoms with Gasteiger partial charge in [-0.25, -0.2) is 0 Å². The van der Waals surface area contributed by atoms with Gasteiger partial charge in [-0.2, -0.15) is 26.3 Å². The summed E-state index contributed by atoms with van der Waals surface area (Å²) in [5.41, 5.74) is -2.85. The molecule has 0 saturated heterocycles. The van der Waals surface area contributed by atoms with Crippen LogP contribution in [0.3, 0.4) is 0 Å². The van der Waals surface area contributed by atoms with Crippen molar-refractivity contribution in [3.8, 4) is 0 Å². The van der Waals surface area contributed by atoms with Gasteiger partial charge in [0.25, 0.3) is 0 Å². The zero-order chi connectivity index (χ0) is 14.0. The summed E-state index contributed by atoms with van der Waals surface area (Å²) in [5, 5.41) is 0. The van der Waals surface area contributed by atoms with E-state index in [1.807, 2.05) is 0 Å². The number of halogens is 7. The summed E-state index contributed by atoms with van der Waals surface area (Å²) in [4.78, 5) is 0. The number of benzene rings is 1. The van der Waals surface area contributed by atoms with Crippen molar-refractivity contribution in [2.24, 2.45) is 0 Å². The molecule has 8 heteroatoms. The minimum Gasteiger partial charge on any atom is -0.366 e. The van der Waals surface area contributed by atoms with Gasteiger partial charge in [-0.3, -0.25) is 0 Å². The first-order valence-corrected chi connectivity index (χ1v) is 5.69. The molecule has 0 aliphatic heterocycles. The van der Waals surface area contributed by atoms with Crippen molar-refractivity contribution in [2.45, 2.75) is 19.0 Å². The third kappa shape index (κ3) is 4.16. The minimum atomic E-state index is -4.83. The predicted molar refractivity (Wildman–Crippen MR) is 55.0 cm³/mol. The third-order valence-corrected chi connectivity index (χ3v) is 2.32. The van der Waals surface area contributed by atoms with Crippen LogP contribution in [0.2, 0.25) is 0 Å². The van der Waals surface area contributed by atoms with Crippen molar-refractivity contribution in [3.05, 3.63) is 34.9 Å². The van der Waals surface area contributed by atoms with Crippen LogP contribution in [0.1, 0.15) is 16.7 Å². The highest BCUT2D eigenvalue weighted by molar-refractivity contribution is 9.09. The molecule has 0 heterocycles. The molecule has 0 aromatic heterocycles. The van der Waals surface area contributed by atoms with Crippen LogP contribution >= 0.6 is 15.9 Å². The largest absolute Gasteiger partial charge is 0.416 e. The van der Waals surface area contributed by atoms with Gasteiger partial charge in [-0.1, -0.05) is 15.9 Å². The Morgan fingerprint density at radius 1 is 0.889 bits per heavy atom. The zero-order valence-electron chi connectivity index (χ0n) is 8.70. The molecule has 18 heavy (non-hydrogen) atoms. The number of alkyl halides is 7.